The van der Waals surface area contributed by atoms with Crippen LogP contribution in [0.2, 0.25) is 0 Å². The highest BCUT2D eigenvalue weighted by atomic mass is 16.7. The molecule has 0 saturated carbocycles. The Morgan fingerprint density at radius 2 is 2.04 bits per heavy atom. The fourth-order valence-electron chi connectivity index (χ4n) is 4.06. The van der Waals surface area contributed by atoms with E-state index in [0.29, 0.717) is 31.2 Å². The molecule has 0 bridgehead atoms. The van der Waals surface area contributed by atoms with Gasteiger partial charge in [0.15, 0.2) is 11.5 Å². The Kier molecular flexibility index (Phi) is 5.41. The average Bonchev–Trinajstić information content (AvgIpc) is 3.26. The molecule has 0 aromatic heterocycles. The summed E-state index contributed by atoms with van der Waals surface area (Å²) < 4.78 is 16.5. The van der Waals surface area contributed by atoms with Crippen molar-refractivity contribution >= 4 is 11.8 Å². The van der Waals surface area contributed by atoms with Crippen molar-refractivity contribution in [2.45, 2.75) is 37.5 Å². The molecule has 0 radical (unpaired) electrons. The highest BCUT2D eigenvalue weighted by molar-refractivity contribution is 5.79. The number of hydrogen-bond donors (Lipinski definition) is 1. The lowest BCUT2D eigenvalue weighted by Gasteiger charge is -2.35. The first kappa shape index (κ1) is 19.0. The maximum Gasteiger partial charge on any atom is 0.231 e. The maximum atomic E-state index is 12.5. The zero-order valence-corrected chi connectivity index (χ0v) is 16.3. The number of amides is 2. The fourth-order valence-corrected chi connectivity index (χ4v) is 4.06. The second kappa shape index (κ2) is 7.97. The molecule has 28 heavy (non-hydrogen) atoms. The van der Waals surface area contributed by atoms with Gasteiger partial charge in [0, 0.05) is 39.3 Å². The molecule has 2 fully saturated rings. The van der Waals surface area contributed by atoms with E-state index in [4.69, 9.17) is 14.2 Å². The Morgan fingerprint density at radius 1 is 1.21 bits per heavy atom. The predicted molar refractivity (Wildman–Crippen MR) is 101 cm³/mol. The van der Waals surface area contributed by atoms with Crippen LogP contribution in [-0.4, -0.2) is 80.4 Å². The average molecular weight is 389 g/mol. The highest BCUT2D eigenvalue weighted by Crippen LogP contribution is 2.32. The molecule has 3 heterocycles. The van der Waals surface area contributed by atoms with Gasteiger partial charge in [0.05, 0.1) is 25.6 Å². The third kappa shape index (κ3) is 4.23. The first-order valence-electron chi connectivity index (χ1n) is 9.71. The second-order valence-corrected chi connectivity index (χ2v) is 7.92. The summed E-state index contributed by atoms with van der Waals surface area (Å²) in [6.45, 7) is 2.37. The number of rotatable bonds is 5. The lowest BCUT2D eigenvalue weighted by Crippen LogP contribution is -2.47. The van der Waals surface area contributed by atoms with Gasteiger partial charge in [0.2, 0.25) is 18.6 Å². The van der Waals surface area contributed by atoms with Crippen LogP contribution in [0.1, 0.15) is 18.4 Å². The van der Waals surface area contributed by atoms with E-state index in [1.165, 1.54) is 0 Å². The van der Waals surface area contributed by atoms with Crippen LogP contribution in [0, 0.1) is 0 Å². The topological polar surface area (TPSA) is 80.3 Å². The first-order valence-corrected chi connectivity index (χ1v) is 9.71. The van der Waals surface area contributed by atoms with Gasteiger partial charge < -0.3 is 24.4 Å². The van der Waals surface area contributed by atoms with E-state index in [0.717, 1.165) is 30.8 Å². The first-order chi connectivity index (χ1) is 13.5. The van der Waals surface area contributed by atoms with Gasteiger partial charge in [0.25, 0.3) is 0 Å². The minimum atomic E-state index is -0.0748. The van der Waals surface area contributed by atoms with E-state index in [9.17, 15) is 9.59 Å². The molecule has 0 aliphatic carbocycles. The Labute approximate surface area is 164 Å². The summed E-state index contributed by atoms with van der Waals surface area (Å²) in [7, 11) is 3.52. The quantitative estimate of drug-likeness (QED) is 0.785. The van der Waals surface area contributed by atoms with Crippen molar-refractivity contribution in [2.24, 2.45) is 0 Å². The number of fused-ring (bicyclic) bond motifs is 2. The Morgan fingerprint density at radius 3 is 2.86 bits per heavy atom. The summed E-state index contributed by atoms with van der Waals surface area (Å²) in [5, 5.41) is 3.14. The highest BCUT2D eigenvalue weighted by Gasteiger charge is 2.38. The van der Waals surface area contributed by atoms with Gasteiger partial charge in [-0.25, -0.2) is 0 Å². The Bertz CT molecular complexity index is 753. The lowest BCUT2D eigenvalue weighted by atomic mass is 10.1. The molecular weight excluding hydrogens is 362 g/mol. The number of nitrogens with one attached hydrogen (secondary N) is 1. The van der Waals surface area contributed by atoms with Crippen LogP contribution in [-0.2, 0) is 20.7 Å². The van der Waals surface area contributed by atoms with Gasteiger partial charge in [-0.2, -0.15) is 0 Å². The van der Waals surface area contributed by atoms with Gasteiger partial charge in [0.1, 0.15) is 0 Å². The van der Waals surface area contributed by atoms with Crippen LogP contribution in [0.4, 0.5) is 0 Å². The number of carbonyl (C=O) groups excluding carboxylic acids is 2. The van der Waals surface area contributed by atoms with E-state index < -0.39 is 0 Å². The molecule has 1 N–H and O–H groups in total. The van der Waals surface area contributed by atoms with Crippen molar-refractivity contribution in [2.75, 3.05) is 40.6 Å². The van der Waals surface area contributed by atoms with Gasteiger partial charge in [-0.05, 0) is 24.1 Å². The standard InChI is InChI=1S/C20H27N3O5/c1-22(2)20(25)8-16-10-23-9-14(7-15(23)11-26-16)21-19(24)6-13-3-4-17-18(5-13)28-12-27-17/h3-5,14-16H,6-12H2,1-2H3,(H,21,24)/t14-,15+,16+/m1/s1. The van der Waals surface area contributed by atoms with Crippen LogP contribution in [0.15, 0.2) is 18.2 Å². The largest absolute Gasteiger partial charge is 0.454 e. The molecule has 0 spiro atoms. The summed E-state index contributed by atoms with van der Waals surface area (Å²) in [5.41, 5.74) is 0.906. The molecular formula is C20H27N3O5. The maximum absolute atomic E-state index is 12.5. The number of ether oxygens (including phenoxy) is 3. The molecule has 152 valence electrons. The van der Waals surface area contributed by atoms with Crippen molar-refractivity contribution in [3.63, 3.8) is 0 Å². The van der Waals surface area contributed by atoms with Crippen LogP contribution >= 0.6 is 0 Å². The van der Waals surface area contributed by atoms with Gasteiger partial charge in [-0.15, -0.1) is 0 Å². The Hall–Kier alpha value is -2.32. The smallest absolute Gasteiger partial charge is 0.231 e. The minimum Gasteiger partial charge on any atom is -0.454 e. The fraction of sp³-hybridized carbons (Fsp3) is 0.600. The number of hydrogen-bond acceptors (Lipinski definition) is 6. The van der Waals surface area contributed by atoms with E-state index in [2.05, 4.69) is 10.2 Å². The van der Waals surface area contributed by atoms with Crippen molar-refractivity contribution in [3.8, 4) is 11.5 Å². The third-order valence-electron chi connectivity index (χ3n) is 5.56. The number of benzene rings is 1. The van der Waals surface area contributed by atoms with Crippen LogP contribution in [0.25, 0.3) is 0 Å². The summed E-state index contributed by atoms with van der Waals surface area (Å²) in [4.78, 5) is 28.3. The SMILES string of the molecule is CN(C)C(=O)C[C@H]1CN2C[C@H](NC(=O)Cc3ccc4c(c3)OCO4)C[C@H]2CO1. The predicted octanol–water partition coefficient (Wildman–Crippen LogP) is 0.394. The molecule has 0 unspecified atom stereocenters. The van der Waals surface area contributed by atoms with E-state index in [1.807, 2.05) is 18.2 Å². The third-order valence-corrected chi connectivity index (χ3v) is 5.56. The molecule has 2 saturated heterocycles. The minimum absolute atomic E-state index is 0.00367. The molecule has 3 aliphatic rings. The molecule has 2 amide bonds. The van der Waals surface area contributed by atoms with Crippen LogP contribution in [0.5, 0.6) is 11.5 Å². The van der Waals surface area contributed by atoms with Crippen molar-refractivity contribution < 1.29 is 23.8 Å². The number of morpholine rings is 1. The molecule has 4 rings (SSSR count). The van der Waals surface area contributed by atoms with E-state index in [1.54, 1.807) is 19.0 Å². The summed E-state index contributed by atoms with van der Waals surface area (Å²) in [6, 6.07) is 6.01. The monoisotopic (exact) mass is 389 g/mol. The zero-order valence-electron chi connectivity index (χ0n) is 16.3. The molecule has 1 aromatic carbocycles. The van der Waals surface area contributed by atoms with Gasteiger partial charge in [-0.1, -0.05) is 6.07 Å². The number of nitrogens with zero attached hydrogens (tertiary/aromatic N) is 2. The van der Waals surface area contributed by atoms with Crippen molar-refractivity contribution in [1.29, 1.82) is 0 Å². The van der Waals surface area contributed by atoms with Gasteiger partial charge >= 0.3 is 0 Å². The molecule has 3 aliphatic heterocycles. The number of carbonyl (C=O) groups is 2. The van der Waals surface area contributed by atoms with Crippen molar-refractivity contribution in [3.05, 3.63) is 23.8 Å². The van der Waals surface area contributed by atoms with Crippen molar-refractivity contribution in [1.82, 2.24) is 15.1 Å². The molecule has 8 nitrogen and oxygen atoms in total. The summed E-state index contributed by atoms with van der Waals surface area (Å²) >= 11 is 0. The Balaban J connectivity index is 1.26. The van der Waals surface area contributed by atoms with Crippen LogP contribution < -0.4 is 14.8 Å². The molecule has 3 atom stereocenters. The molecule has 8 heteroatoms. The normalized spacial score (nSPS) is 26.0. The van der Waals surface area contributed by atoms with E-state index in [-0.39, 0.29) is 30.8 Å². The summed E-state index contributed by atoms with van der Waals surface area (Å²) in [5.74, 6) is 1.50. The molecule has 1 aromatic rings. The summed E-state index contributed by atoms with van der Waals surface area (Å²) in [6.07, 6.45) is 1.52. The lowest BCUT2D eigenvalue weighted by molar-refractivity contribution is -0.134. The van der Waals surface area contributed by atoms with Crippen LogP contribution in [0.3, 0.4) is 0 Å². The zero-order chi connectivity index (χ0) is 19.7. The second-order valence-electron chi connectivity index (χ2n) is 7.92. The van der Waals surface area contributed by atoms with Gasteiger partial charge in [-0.3, -0.25) is 14.5 Å². The van der Waals surface area contributed by atoms with E-state index >= 15 is 0 Å².